The number of rotatable bonds is 4. The lowest BCUT2D eigenvalue weighted by Gasteiger charge is -2.09. The Morgan fingerprint density at radius 2 is 1.73 bits per heavy atom. The minimum Gasteiger partial charge on any atom is -0.340 e. The third-order valence-corrected chi connectivity index (χ3v) is 5.17. The van der Waals surface area contributed by atoms with Gasteiger partial charge in [0.15, 0.2) is 5.78 Å². The van der Waals surface area contributed by atoms with Crippen molar-refractivity contribution >= 4 is 38.8 Å². The van der Waals surface area contributed by atoms with Crippen LogP contribution in [0.1, 0.15) is 22.8 Å². The highest BCUT2D eigenvalue weighted by Crippen LogP contribution is 2.37. The summed E-state index contributed by atoms with van der Waals surface area (Å²) in [5.74, 6) is 0.822. The molecule has 0 saturated carbocycles. The number of carbonyl (C=O) groups is 1. The molecule has 4 nitrogen and oxygen atoms in total. The Balaban J connectivity index is 1.76. The highest BCUT2D eigenvalue weighted by molar-refractivity contribution is 7.17. The van der Waals surface area contributed by atoms with Gasteiger partial charge in [-0.05, 0) is 43.7 Å². The topological polar surface area (TPSA) is 54.9 Å². The Bertz CT molecular complexity index is 1080. The van der Waals surface area contributed by atoms with Crippen molar-refractivity contribution in [2.24, 2.45) is 0 Å². The number of thiophene rings is 1. The summed E-state index contributed by atoms with van der Waals surface area (Å²) in [6, 6.07) is 15.9. The Hall–Kier alpha value is -3.05. The zero-order chi connectivity index (χ0) is 18.1. The van der Waals surface area contributed by atoms with Gasteiger partial charge in [0.2, 0.25) is 0 Å². The van der Waals surface area contributed by atoms with Crippen LogP contribution in [-0.2, 0) is 0 Å². The summed E-state index contributed by atoms with van der Waals surface area (Å²) < 4.78 is 0. The molecule has 0 bridgehead atoms. The van der Waals surface area contributed by atoms with Crippen LogP contribution in [-0.4, -0.2) is 15.8 Å². The fourth-order valence-electron chi connectivity index (χ4n) is 2.84. The fourth-order valence-corrected chi connectivity index (χ4v) is 3.76. The molecule has 0 fully saturated rings. The van der Waals surface area contributed by atoms with E-state index in [2.05, 4.69) is 51.9 Å². The molecule has 0 unspecified atom stereocenters. The van der Waals surface area contributed by atoms with E-state index in [0.717, 1.165) is 32.8 Å². The molecular weight excluding hydrogens is 342 g/mol. The Morgan fingerprint density at radius 1 is 1.00 bits per heavy atom. The van der Waals surface area contributed by atoms with E-state index in [-0.39, 0.29) is 5.78 Å². The van der Waals surface area contributed by atoms with Crippen LogP contribution in [0, 0.1) is 6.92 Å². The summed E-state index contributed by atoms with van der Waals surface area (Å²) in [6.45, 7) is 3.64. The van der Waals surface area contributed by atoms with Crippen LogP contribution in [0.4, 0.5) is 11.5 Å². The van der Waals surface area contributed by atoms with E-state index in [9.17, 15) is 4.79 Å². The minimum absolute atomic E-state index is 0.0560. The number of hydrogen-bond acceptors (Lipinski definition) is 5. The van der Waals surface area contributed by atoms with Crippen LogP contribution in [0.2, 0.25) is 0 Å². The van der Waals surface area contributed by atoms with Gasteiger partial charge in [0.1, 0.15) is 17.0 Å². The standard InChI is InChI=1S/C21H17N3OS/c1-13-3-5-16(6-4-13)18-11-26-21-19(18)20(22-12-23-21)24-17-9-7-15(8-10-17)14(2)25/h3-12H,1-2H3,(H,22,23,24). The van der Waals surface area contributed by atoms with Gasteiger partial charge >= 0.3 is 0 Å². The van der Waals surface area contributed by atoms with Gasteiger partial charge in [0.05, 0.1) is 5.39 Å². The molecule has 0 radical (unpaired) electrons. The molecule has 0 aliphatic carbocycles. The van der Waals surface area contributed by atoms with Crippen molar-refractivity contribution < 1.29 is 4.79 Å². The molecular formula is C21H17N3OS. The van der Waals surface area contributed by atoms with Crippen LogP contribution in [0.15, 0.2) is 60.2 Å². The zero-order valence-corrected chi connectivity index (χ0v) is 15.3. The molecule has 26 heavy (non-hydrogen) atoms. The Kier molecular flexibility index (Phi) is 4.22. The van der Waals surface area contributed by atoms with Crippen LogP contribution >= 0.6 is 11.3 Å². The average molecular weight is 359 g/mol. The lowest BCUT2D eigenvalue weighted by Crippen LogP contribution is -1.97. The highest BCUT2D eigenvalue weighted by atomic mass is 32.1. The summed E-state index contributed by atoms with van der Waals surface area (Å²) in [5, 5.41) is 6.50. The number of ketones is 1. The quantitative estimate of drug-likeness (QED) is 0.481. The van der Waals surface area contributed by atoms with Crippen molar-refractivity contribution in [2.75, 3.05) is 5.32 Å². The summed E-state index contributed by atoms with van der Waals surface area (Å²) in [6.07, 6.45) is 1.57. The van der Waals surface area contributed by atoms with Gasteiger partial charge in [-0.15, -0.1) is 11.3 Å². The maximum atomic E-state index is 11.4. The summed E-state index contributed by atoms with van der Waals surface area (Å²) >= 11 is 1.61. The number of fused-ring (bicyclic) bond motifs is 1. The molecule has 0 aliphatic heterocycles. The first-order chi connectivity index (χ1) is 12.6. The lowest BCUT2D eigenvalue weighted by molar-refractivity contribution is 0.101. The number of Topliss-reactive ketones (excluding diaryl/α,β-unsaturated/α-hetero) is 1. The van der Waals surface area contributed by atoms with Crippen LogP contribution in [0.3, 0.4) is 0 Å². The van der Waals surface area contributed by atoms with E-state index in [1.54, 1.807) is 24.6 Å². The maximum absolute atomic E-state index is 11.4. The molecule has 4 aromatic rings. The van der Waals surface area contributed by atoms with E-state index in [1.807, 2.05) is 24.3 Å². The van der Waals surface area contributed by atoms with E-state index in [1.165, 1.54) is 5.56 Å². The predicted molar refractivity (Wildman–Crippen MR) is 107 cm³/mol. The molecule has 1 N–H and O–H groups in total. The highest BCUT2D eigenvalue weighted by Gasteiger charge is 2.13. The molecule has 0 aliphatic rings. The smallest absolute Gasteiger partial charge is 0.159 e. The van der Waals surface area contributed by atoms with Gasteiger partial charge in [-0.25, -0.2) is 9.97 Å². The van der Waals surface area contributed by atoms with Gasteiger partial charge in [0, 0.05) is 22.2 Å². The second-order valence-electron chi connectivity index (χ2n) is 6.18. The number of carbonyl (C=O) groups excluding carboxylic acids is 1. The third kappa shape index (κ3) is 3.09. The first kappa shape index (κ1) is 16.4. The van der Waals surface area contributed by atoms with Gasteiger partial charge in [-0.2, -0.15) is 0 Å². The molecule has 0 atom stereocenters. The second-order valence-corrected chi connectivity index (χ2v) is 7.03. The first-order valence-electron chi connectivity index (χ1n) is 8.29. The predicted octanol–water partition coefficient (Wildman–Crippen LogP) is 5.61. The molecule has 2 aromatic carbocycles. The number of aromatic nitrogens is 2. The number of anilines is 2. The summed E-state index contributed by atoms with van der Waals surface area (Å²) in [7, 11) is 0. The van der Waals surface area contributed by atoms with E-state index < -0.39 is 0 Å². The average Bonchev–Trinajstić information content (AvgIpc) is 3.08. The molecule has 2 heterocycles. The first-order valence-corrected chi connectivity index (χ1v) is 9.17. The zero-order valence-electron chi connectivity index (χ0n) is 14.5. The molecule has 2 aromatic heterocycles. The van der Waals surface area contributed by atoms with Crippen molar-refractivity contribution in [1.29, 1.82) is 0 Å². The Morgan fingerprint density at radius 3 is 2.42 bits per heavy atom. The van der Waals surface area contributed by atoms with Crippen LogP contribution in [0.5, 0.6) is 0 Å². The van der Waals surface area contributed by atoms with E-state index in [4.69, 9.17) is 0 Å². The normalized spacial score (nSPS) is 10.8. The van der Waals surface area contributed by atoms with E-state index >= 15 is 0 Å². The van der Waals surface area contributed by atoms with Gasteiger partial charge < -0.3 is 5.32 Å². The maximum Gasteiger partial charge on any atom is 0.159 e. The van der Waals surface area contributed by atoms with Crippen LogP contribution < -0.4 is 5.32 Å². The SMILES string of the molecule is CC(=O)c1ccc(Nc2ncnc3scc(-c4ccc(C)cc4)c23)cc1. The molecule has 4 rings (SSSR count). The van der Waals surface area contributed by atoms with Gasteiger partial charge in [0.25, 0.3) is 0 Å². The van der Waals surface area contributed by atoms with E-state index in [0.29, 0.717) is 5.56 Å². The van der Waals surface area contributed by atoms with Crippen molar-refractivity contribution in [3.05, 3.63) is 71.4 Å². The fraction of sp³-hybridized carbons (Fsp3) is 0.0952. The van der Waals surface area contributed by atoms with Crippen LogP contribution in [0.25, 0.3) is 21.3 Å². The lowest BCUT2D eigenvalue weighted by atomic mass is 10.0. The number of nitrogens with one attached hydrogen (secondary N) is 1. The monoisotopic (exact) mass is 359 g/mol. The number of benzene rings is 2. The van der Waals surface area contributed by atoms with Crippen molar-refractivity contribution in [2.45, 2.75) is 13.8 Å². The second kappa shape index (κ2) is 6.69. The number of hydrogen-bond donors (Lipinski definition) is 1. The minimum atomic E-state index is 0.0560. The van der Waals surface area contributed by atoms with Gasteiger partial charge in [-0.1, -0.05) is 29.8 Å². The van der Waals surface area contributed by atoms with Gasteiger partial charge in [-0.3, -0.25) is 4.79 Å². The van der Waals surface area contributed by atoms with Crippen molar-refractivity contribution in [3.63, 3.8) is 0 Å². The molecule has 0 spiro atoms. The summed E-state index contributed by atoms with van der Waals surface area (Å²) in [4.78, 5) is 21.2. The third-order valence-electron chi connectivity index (χ3n) is 4.29. The number of nitrogens with zero attached hydrogens (tertiary/aromatic N) is 2. The largest absolute Gasteiger partial charge is 0.340 e. The molecule has 0 amide bonds. The molecule has 0 saturated heterocycles. The Labute approximate surface area is 155 Å². The molecule has 5 heteroatoms. The van der Waals surface area contributed by atoms with Crippen molar-refractivity contribution in [1.82, 2.24) is 9.97 Å². The summed E-state index contributed by atoms with van der Waals surface area (Å²) in [5.41, 5.74) is 5.07. The van der Waals surface area contributed by atoms with Crippen molar-refractivity contribution in [3.8, 4) is 11.1 Å². The number of aryl methyl sites for hydroxylation is 1. The molecule has 128 valence electrons.